The average Bonchev–Trinajstić information content (AvgIpc) is 2.75. The van der Waals surface area contributed by atoms with Gasteiger partial charge in [0.05, 0.1) is 10.7 Å². The van der Waals surface area contributed by atoms with Crippen LogP contribution in [-0.4, -0.2) is 7.05 Å². The lowest BCUT2D eigenvalue weighted by Crippen LogP contribution is -2.09. The lowest BCUT2D eigenvalue weighted by molar-refractivity contribution is 1.15. The van der Waals surface area contributed by atoms with Crippen molar-refractivity contribution in [2.24, 2.45) is 0 Å². The highest BCUT2D eigenvalue weighted by atomic mass is 32.2. The molecule has 0 unspecified atom stereocenters. The van der Waals surface area contributed by atoms with E-state index in [4.69, 9.17) is 0 Å². The fourth-order valence-electron chi connectivity index (χ4n) is 2.12. The molecule has 3 rings (SSSR count). The van der Waals surface area contributed by atoms with E-state index in [-0.39, 0.29) is 0 Å². The summed E-state index contributed by atoms with van der Waals surface area (Å²) in [5, 5.41) is 1.32. The molecule has 0 aromatic heterocycles. The first-order chi connectivity index (χ1) is 8.84. The maximum Gasteiger partial charge on any atom is 0.0761 e. The molecule has 0 N–H and O–H groups in total. The smallest absolute Gasteiger partial charge is 0.0761 e. The first-order valence-electron chi connectivity index (χ1n) is 6.09. The number of anilines is 1. The second-order valence-electron chi connectivity index (χ2n) is 4.36. The van der Waals surface area contributed by atoms with E-state index in [1.165, 1.54) is 21.2 Å². The van der Waals surface area contributed by atoms with Crippen LogP contribution < -0.4 is 4.90 Å². The van der Waals surface area contributed by atoms with Crippen LogP contribution in [0, 0.1) is 0 Å². The molecule has 0 fully saturated rings. The second kappa shape index (κ2) is 4.91. The van der Waals surface area contributed by atoms with E-state index in [1.54, 1.807) is 0 Å². The van der Waals surface area contributed by atoms with Gasteiger partial charge in [-0.1, -0.05) is 54.2 Å². The number of thioether (sulfide) groups is 1. The van der Waals surface area contributed by atoms with Crippen LogP contribution in [-0.2, 0) is 6.42 Å². The van der Waals surface area contributed by atoms with Gasteiger partial charge in [-0.05, 0) is 30.2 Å². The molecule has 0 atom stereocenters. The maximum atomic E-state index is 2.31. The standard InChI is InChI=1S/C16H15NS/c1-17-14-9-5-6-10-15(14)18-16(17)12-11-13-7-3-2-4-8-13/h2-10,12H,11H2,1H3. The molecule has 0 spiro atoms. The molecule has 2 aromatic rings. The molecule has 1 aliphatic rings. The molecule has 90 valence electrons. The van der Waals surface area contributed by atoms with E-state index in [0.717, 1.165) is 6.42 Å². The SMILES string of the molecule is CN1C(=CCc2ccccc2)Sc2ccccc21. The number of hydrogen-bond donors (Lipinski definition) is 0. The Morgan fingerprint density at radius 2 is 1.72 bits per heavy atom. The zero-order valence-corrected chi connectivity index (χ0v) is 11.2. The van der Waals surface area contributed by atoms with Gasteiger partial charge in [0.2, 0.25) is 0 Å². The topological polar surface area (TPSA) is 3.24 Å². The highest BCUT2D eigenvalue weighted by molar-refractivity contribution is 8.03. The number of fused-ring (bicyclic) bond motifs is 1. The maximum absolute atomic E-state index is 2.31. The molecule has 18 heavy (non-hydrogen) atoms. The number of para-hydroxylation sites is 1. The summed E-state index contributed by atoms with van der Waals surface area (Å²) in [6.07, 6.45) is 3.29. The minimum atomic E-state index is 0.988. The molecule has 1 aliphatic heterocycles. The third-order valence-corrected chi connectivity index (χ3v) is 4.34. The third kappa shape index (κ3) is 2.16. The van der Waals surface area contributed by atoms with Crippen LogP contribution >= 0.6 is 11.8 Å². The number of rotatable bonds is 2. The lowest BCUT2D eigenvalue weighted by Gasteiger charge is -2.13. The van der Waals surface area contributed by atoms with Crippen LogP contribution in [0.4, 0.5) is 5.69 Å². The summed E-state index contributed by atoms with van der Waals surface area (Å²) >= 11 is 1.85. The van der Waals surface area contributed by atoms with E-state index in [0.29, 0.717) is 0 Å². The molecule has 2 aromatic carbocycles. The Bertz CT molecular complexity index is 575. The summed E-state index contributed by atoms with van der Waals surface area (Å²) in [7, 11) is 2.13. The number of nitrogens with zero attached hydrogens (tertiary/aromatic N) is 1. The summed E-state index contributed by atoms with van der Waals surface area (Å²) in [6.45, 7) is 0. The van der Waals surface area contributed by atoms with Gasteiger partial charge in [0, 0.05) is 11.9 Å². The first kappa shape index (κ1) is 11.4. The van der Waals surface area contributed by atoms with Crippen LogP contribution in [0.3, 0.4) is 0 Å². The summed E-state index contributed by atoms with van der Waals surface area (Å²) < 4.78 is 0. The molecule has 0 radical (unpaired) electrons. The van der Waals surface area contributed by atoms with Gasteiger partial charge in [-0.25, -0.2) is 0 Å². The molecule has 0 amide bonds. The zero-order chi connectivity index (χ0) is 12.4. The summed E-state index contributed by atoms with van der Waals surface area (Å²) in [5.74, 6) is 0. The first-order valence-corrected chi connectivity index (χ1v) is 6.91. The Kier molecular flexibility index (Phi) is 3.11. The van der Waals surface area contributed by atoms with Crippen molar-refractivity contribution in [2.45, 2.75) is 11.3 Å². The highest BCUT2D eigenvalue weighted by Gasteiger charge is 2.20. The summed E-state index contributed by atoms with van der Waals surface area (Å²) in [4.78, 5) is 3.61. The monoisotopic (exact) mass is 253 g/mol. The summed E-state index contributed by atoms with van der Waals surface area (Å²) in [6, 6.07) is 19.1. The fourth-order valence-corrected chi connectivity index (χ4v) is 3.20. The highest BCUT2D eigenvalue weighted by Crippen LogP contribution is 2.44. The molecule has 0 aliphatic carbocycles. The van der Waals surface area contributed by atoms with E-state index in [9.17, 15) is 0 Å². The van der Waals surface area contributed by atoms with E-state index >= 15 is 0 Å². The van der Waals surface area contributed by atoms with Crippen molar-refractivity contribution >= 4 is 17.4 Å². The number of hydrogen-bond acceptors (Lipinski definition) is 2. The lowest BCUT2D eigenvalue weighted by atomic mass is 10.1. The molecular weight excluding hydrogens is 238 g/mol. The third-order valence-electron chi connectivity index (χ3n) is 3.13. The van der Waals surface area contributed by atoms with E-state index in [2.05, 4.69) is 72.6 Å². The van der Waals surface area contributed by atoms with Gasteiger partial charge >= 0.3 is 0 Å². The summed E-state index contributed by atoms with van der Waals surface area (Å²) in [5.41, 5.74) is 2.66. The van der Waals surface area contributed by atoms with Gasteiger partial charge in [0.15, 0.2) is 0 Å². The van der Waals surface area contributed by atoms with Gasteiger partial charge in [-0.2, -0.15) is 0 Å². The minimum absolute atomic E-state index is 0.988. The van der Waals surface area contributed by atoms with Crippen molar-refractivity contribution in [1.29, 1.82) is 0 Å². The molecule has 1 heterocycles. The predicted molar refractivity (Wildman–Crippen MR) is 78.9 cm³/mol. The van der Waals surface area contributed by atoms with Crippen LogP contribution in [0.25, 0.3) is 0 Å². The van der Waals surface area contributed by atoms with Gasteiger partial charge < -0.3 is 4.90 Å². The molecule has 2 heteroatoms. The van der Waals surface area contributed by atoms with Crippen molar-refractivity contribution in [3.63, 3.8) is 0 Å². The van der Waals surface area contributed by atoms with Gasteiger partial charge in [-0.3, -0.25) is 0 Å². The minimum Gasteiger partial charge on any atom is -0.338 e. The van der Waals surface area contributed by atoms with Crippen molar-refractivity contribution in [2.75, 3.05) is 11.9 Å². The van der Waals surface area contributed by atoms with E-state index < -0.39 is 0 Å². The fraction of sp³-hybridized carbons (Fsp3) is 0.125. The molecule has 0 bridgehead atoms. The van der Waals surface area contributed by atoms with Crippen LogP contribution in [0.15, 0.2) is 70.6 Å². The van der Waals surface area contributed by atoms with Gasteiger partial charge in [-0.15, -0.1) is 0 Å². The van der Waals surface area contributed by atoms with Crippen LogP contribution in [0.2, 0.25) is 0 Å². The zero-order valence-electron chi connectivity index (χ0n) is 10.3. The van der Waals surface area contributed by atoms with Crippen LogP contribution in [0.1, 0.15) is 5.56 Å². The molecular formula is C16H15NS. The quantitative estimate of drug-likeness (QED) is 0.784. The van der Waals surface area contributed by atoms with Crippen molar-refractivity contribution in [1.82, 2.24) is 0 Å². The Hall–Kier alpha value is -1.67. The average molecular weight is 253 g/mol. The van der Waals surface area contributed by atoms with Gasteiger partial charge in [0.1, 0.15) is 0 Å². The Morgan fingerprint density at radius 1 is 1.00 bits per heavy atom. The van der Waals surface area contributed by atoms with Crippen molar-refractivity contribution in [3.05, 3.63) is 71.3 Å². The predicted octanol–water partition coefficient (Wildman–Crippen LogP) is 4.31. The Morgan fingerprint density at radius 3 is 2.50 bits per heavy atom. The normalized spacial score (nSPS) is 16.1. The Labute approximate surface area is 112 Å². The Balaban J connectivity index is 1.80. The van der Waals surface area contributed by atoms with Gasteiger partial charge in [0.25, 0.3) is 0 Å². The number of allylic oxidation sites excluding steroid dienone is 1. The largest absolute Gasteiger partial charge is 0.338 e. The molecule has 0 saturated heterocycles. The molecule has 0 saturated carbocycles. The molecule has 1 nitrogen and oxygen atoms in total. The van der Waals surface area contributed by atoms with Crippen molar-refractivity contribution < 1.29 is 0 Å². The van der Waals surface area contributed by atoms with Crippen LogP contribution in [0.5, 0.6) is 0 Å². The second-order valence-corrected chi connectivity index (χ2v) is 5.42. The number of benzene rings is 2. The van der Waals surface area contributed by atoms with Crippen molar-refractivity contribution in [3.8, 4) is 0 Å². The van der Waals surface area contributed by atoms with E-state index in [1.807, 2.05) is 11.8 Å².